The van der Waals surface area contributed by atoms with Crippen LogP contribution in [0.1, 0.15) is 489 Å². The van der Waals surface area contributed by atoms with Crippen LogP contribution in [0.15, 0.2) is 0 Å². The lowest BCUT2D eigenvalue weighted by atomic mass is 10.0. The van der Waals surface area contributed by atoms with Gasteiger partial charge in [0.05, 0.1) is 0 Å². The maximum atomic E-state index is 13.6. The first-order chi connectivity index (χ1) is 40.3. The van der Waals surface area contributed by atoms with Crippen LogP contribution in [-0.2, 0) is 4.79 Å². The SMILES string of the molecule is CCCCCCCCCCCCCCCCCCCCCCCCCCC(=O)N(CCCCCCCCCCCCCCCCCCCCCCCCCC)CCCCCCCCCCCCCCCCCCCCCCCCCC. The van der Waals surface area contributed by atoms with E-state index >= 15 is 0 Å². The maximum Gasteiger partial charge on any atom is 0.222 e. The van der Waals surface area contributed by atoms with Crippen LogP contribution in [0.5, 0.6) is 0 Å². The second-order valence-electron chi connectivity index (χ2n) is 27.5. The molecule has 2 nitrogen and oxygen atoms in total. The van der Waals surface area contributed by atoms with Gasteiger partial charge >= 0.3 is 0 Å². The number of unbranched alkanes of at least 4 members (excludes halogenated alkanes) is 69. The fourth-order valence-corrected chi connectivity index (χ4v) is 13.3. The average molecular weight is 1140 g/mol. The molecule has 0 bridgehead atoms. The van der Waals surface area contributed by atoms with Gasteiger partial charge in [-0.3, -0.25) is 4.79 Å². The minimum atomic E-state index is 0.469. The number of carbonyl (C=O) groups is 1. The predicted molar refractivity (Wildman–Crippen MR) is 371 cm³/mol. The number of hydrogen-bond acceptors (Lipinski definition) is 1. The molecular formula is C79H159NO. The molecule has 0 unspecified atom stereocenters. The van der Waals surface area contributed by atoms with Crippen LogP contribution in [0.4, 0.5) is 0 Å². The highest BCUT2D eigenvalue weighted by Gasteiger charge is 2.13. The van der Waals surface area contributed by atoms with Crippen LogP contribution in [-0.4, -0.2) is 23.9 Å². The van der Waals surface area contributed by atoms with Crippen molar-refractivity contribution < 1.29 is 4.79 Å². The van der Waals surface area contributed by atoms with E-state index in [0.717, 1.165) is 25.9 Å². The van der Waals surface area contributed by atoms with Crippen molar-refractivity contribution in [3.8, 4) is 0 Å². The van der Waals surface area contributed by atoms with E-state index in [1.54, 1.807) is 0 Å². The van der Waals surface area contributed by atoms with Crippen molar-refractivity contribution in [1.82, 2.24) is 4.90 Å². The Balaban J connectivity index is 4.09. The van der Waals surface area contributed by atoms with Crippen LogP contribution in [0.25, 0.3) is 0 Å². The fourth-order valence-electron chi connectivity index (χ4n) is 13.3. The van der Waals surface area contributed by atoms with Gasteiger partial charge in [0.2, 0.25) is 5.91 Å². The predicted octanol–water partition coefficient (Wildman–Crippen LogP) is 29.4. The molecule has 0 radical (unpaired) electrons. The third-order valence-electron chi connectivity index (χ3n) is 19.2. The molecule has 0 aromatic carbocycles. The van der Waals surface area contributed by atoms with Crippen molar-refractivity contribution in [2.45, 2.75) is 489 Å². The van der Waals surface area contributed by atoms with Crippen molar-refractivity contribution in [1.29, 1.82) is 0 Å². The summed E-state index contributed by atoms with van der Waals surface area (Å²) in [6.07, 6.45) is 104. The normalized spacial score (nSPS) is 11.7. The van der Waals surface area contributed by atoms with Crippen molar-refractivity contribution in [3.05, 3.63) is 0 Å². The second-order valence-corrected chi connectivity index (χ2v) is 27.5. The summed E-state index contributed by atoms with van der Waals surface area (Å²) in [5, 5.41) is 0. The maximum absolute atomic E-state index is 13.6. The number of rotatable bonds is 75. The Morgan fingerprint density at radius 1 is 0.160 bits per heavy atom. The third-order valence-corrected chi connectivity index (χ3v) is 19.2. The highest BCUT2D eigenvalue weighted by Crippen LogP contribution is 2.21. The molecule has 0 spiro atoms. The Hall–Kier alpha value is -0.530. The van der Waals surface area contributed by atoms with Crippen molar-refractivity contribution in [2.24, 2.45) is 0 Å². The van der Waals surface area contributed by atoms with Gasteiger partial charge in [-0.25, -0.2) is 0 Å². The summed E-state index contributed by atoms with van der Waals surface area (Å²) in [6.45, 7) is 8.97. The molecule has 0 rings (SSSR count). The van der Waals surface area contributed by atoms with Crippen LogP contribution in [0, 0.1) is 0 Å². The molecule has 0 atom stereocenters. The molecular weight excluding hydrogens is 979 g/mol. The van der Waals surface area contributed by atoms with E-state index in [9.17, 15) is 4.79 Å². The lowest BCUT2D eigenvalue weighted by Crippen LogP contribution is -2.32. The van der Waals surface area contributed by atoms with Gasteiger partial charge in [0.25, 0.3) is 0 Å². The fraction of sp³-hybridized carbons (Fsp3) is 0.987. The van der Waals surface area contributed by atoms with Crippen LogP contribution in [0.2, 0.25) is 0 Å². The molecule has 0 aromatic heterocycles. The number of nitrogens with zero attached hydrogens (tertiary/aromatic N) is 1. The van der Waals surface area contributed by atoms with E-state index < -0.39 is 0 Å². The molecule has 0 aliphatic rings. The van der Waals surface area contributed by atoms with Crippen LogP contribution >= 0.6 is 0 Å². The van der Waals surface area contributed by atoms with Gasteiger partial charge in [-0.15, -0.1) is 0 Å². The standard InChI is InChI=1S/C79H159NO/c1-4-7-10-13-16-19-22-25-28-31-34-37-40-43-46-49-52-55-58-61-64-67-70-73-76-79(81)80(77-74-71-68-65-62-59-56-53-50-47-44-41-38-35-32-29-26-23-20-17-14-11-8-5-2)78-75-72-69-66-63-60-57-54-51-48-45-42-39-36-33-30-27-24-21-18-15-12-9-6-3/h4-78H2,1-3H3. The highest BCUT2D eigenvalue weighted by atomic mass is 16.2. The summed E-state index contributed by atoms with van der Waals surface area (Å²) >= 11 is 0. The third kappa shape index (κ3) is 71.9. The minimum Gasteiger partial charge on any atom is -0.343 e. The number of carbonyl (C=O) groups excluding carboxylic acids is 1. The Bertz CT molecular complexity index is 1030. The molecule has 0 heterocycles. The van der Waals surface area contributed by atoms with Gasteiger partial charge in [-0.05, 0) is 19.3 Å². The van der Waals surface area contributed by atoms with E-state index in [0.29, 0.717) is 5.91 Å². The molecule has 1 amide bonds. The summed E-state index contributed by atoms with van der Waals surface area (Å²) in [4.78, 5) is 15.9. The minimum absolute atomic E-state index is 0.469. The van der Waals surface area contributed by atoms with Crippen molar-refractivity contribution in [2.75, 3.05) is 13.1 Å². The first-order valence-electron chi connectivity index (χ1n) is 39.5. The van der Waals surface area contributed by atoms with E-state index in [2.05, 4.69) is 25.7 Å². The quantitative estimate of drug-likeness (QED) is 0.0556. The average Bonchev–Trinajstić information content (AvgIpc) is 3.47. The summed E-state index contributed by atoms with van der Waals surface area (Å²) < 4.78 is 0. The Kier molecular flexibility index (Phi) is 75.1. The van der Waals surface area contributed by atoms with E-state index in [1.165, 1.54) is 456 Å². The van der Waals surface area contributed by atoms with Gasteiger partial charge in [-0.1, -0.05) is 464 Å². The second kappa shape index (κ2) is 75.6. The van der Waals surface area contributed by atoms with Gasteiger partial charge < -0.3 is 4.90 Å². The van der Waals surface area contributed by atoms with Gasteiger partial charge in [0.1, 0.15) is 0 Å². The van der Waals surface area contributed by atoms with Gasteiger partial charge in [-0.2, -0.15) is 0 Å². The number of hydrogen-bond donors (Lipinski definition) is 0. The first-order valence-corrected chi connectivity index (χ1v) is 39.5. The zero-order valence-corrected chi connectivity index (χ0v) is 57.4. The molecule has 81 heavy (non-hydrogen) atoms. The topological polar surface area (TPSA) is 20.3 Å². The Morgan fingerprint density at radius 3 is 0.407 bits per heavy atom. The van der Waals surface area contributed by atoms with Crippen LogP contribution < -0.4 is 0 Å². The summed E-state index contributed by atoms with van der Waals surface area (Å²) in [5.41, 5.74) is 0. The van der Waals surface area contributed by atoms with Crippen molar-refractivity contribution in [3.63, 3.8) is 0 Å². The Labute approximate surface area is 515 Å². The zero-order valence-electron chi connectivity index (χ0n) is 57.4. The molecule has 0 saturated carbocycles. The first kappa shape index (κ1) is 80.5. The van der Waals surface area contributed by atoms with Crippen molar-refractivity contribution >= 4 is 5.91 Å². The lowest BCUT2D eigenvalue weighted by Gasteiger charge is -2.23. The monoisotopic (exact) mass is 1140 g/mol. The van der Waals surface area contributed by atoms with E-state index in [1.807, 2.05) is 0 Å². The van der Waals surface area contributed by atoms with Gasteiger partial charge in [0.15, 0.2) is 0 Å². The lowest BCUT2D eigenvalue weighted by molar-refractivity contribution is -0.131. The molecule has 0 aliphatic carbocycles. The number of amides is 1. The van der Waals surface area contributed by atoms with Gasteiger partial charge in [0, 0.05) is 19.5 Å². The molecule has 0 fully saturated rings. The molecule has 0 aliphatic heterocycles. The smallest absolute Gasteiger partial charge is 0.222 e. The summed E-state index contributed by atoms with van der Waals surface area (Å²) in [5.74, 6) is 0.469. The Morgan fingerprint density at radius 2 is 0.272 bits per heavy atom. The highest BCUT2D eigenvalue weighted by molar-refractivity contribution is 5.76. The zero-order chi connectivity index (χ0) is 58.2. The van der Waals surface area contributed by atoms with E-state index in [4.69, 9.17) is 0 Å². The summed E-state index contributed by atoms with van der Waals surface area (Å²) in [7, 11) is 0. The molecule has 0 aromatic rings. The van der Waals surface area contributed by atoms with Crippen LogP contribution in [0.3, 0.4) is 0 Å². The largest absolute Gasteiger partial charge is 0.343 e. The summed E-state index contributed by atoms with van der Waals surface area (Å²) in [6, 6.07) is 0. The molecule has 0 saturated heterocycles. The molecule has 0 N–H and O–H groups in total. The van der Waals surface area contributed by atoms with E-state index in [-0.39, 0.29) is 0 Å². The molecule has 486 valence electrons. The molecule has 2 heteroatoms.